The molecule has 2 aromatic rings. The Kier molecular flexibility index (Phi) is 4.14. The summed E-state index contributed by atoms with van der Waals surface area (Å²) in [5.74, 6) is 1.44. The molecule has 3 rings (SSSR count). The molecule has 23 heavy (non-hydrogen) atoms. The van der Waals surface area contributed by atoms with Gasteiger partial charge in [-0.05, 0) is 25.0 Å². The van der Waals surface area contributed by atoms with Gasteiger partial charge in [-0.3, -0.25) is 9.59 Å². The van der Waals surface area contributed by atoms with E-state index < -0.39 is 0 Å². The third-order valence-electron chi connectivity index (χ3n) is 3.74. The second-order valence-electron chi connectivity index (χ2n) is 5.50. The molecule has 1 atom stereocenters. The van der Waals surface area contributed by atoms with Crippen LogP contribution >= 0.6 is 0 Å². The molecule has 0 bridgehead atoms. The zero-order valence-electron chi connectivity index (χ0n) is 13.0. The van der Waals surface area contributed by atoms with E-state index in [1.807, 2.05) is 0 Å². The first-order chi connectivity index (χ1) is 11.0. The molecule has 1 fully saturated rings. The third kappa shape index (κ3) is 3.25. The highest BCUT2D eigenvalue weighted by molar-refractivity contribution is 5.92. The van der Waals surface area contributed by atoms with Crippen LogP contribution in [0.2, 0.25) is 0 Å². The molecule has 0 saturated carbocycles. The van der Waals surface area contributed by atoms with Crippen molar-refractivity contribution in [3.63, 3.8) is 0 Å². The van der Waals surface area contributed by atoms with Crippen LogP contribution in [0.5, 0.6) is 0 Å². The summed E-state index contributed by atoms with van der Waals surface area (Å²) >= 11 is 0. The molecule has 0 aromatic carbocycles. The van der Waals surface area contributed by atoms with Crippen LogP contribution in [0, 0.1) is 6.92 Å². The summed E-state index contributed by atoms with van der Waals surface area (Å²) in [6.45, 7) is 4.03. The Balaban J connectivity index is 1.73. The Hall–Kier alpha value is -2.64. The van der Waals surface area contributed by atoms with E-state index in [-0.39, 0.29) is 30.2 Å². The fraction of sp³-hybridized carbons (Fsp3) is 0.467. The number of nitrogens with zero attached hydrogens (tertiary/aromatic N) is 3. The lowest BCUT2D eigenvalue weighted by molar-refractivity contribution is -0.119. The normalized spacial score (nSPS) is 17.5. The van der Waals surface area contributed by atoms with Crippen LogP contribution in [0.1, 0.15) is 53.8 Å². The molecule has 1 saturated heterocycles. The number of amides is 2. The maximum Gasteiger partial charge on any atom is 0.290 e. The Labute approximate surface area is 132 Å². The van der Waals surface area contributed by atoms with Gasteiger partial charge in [0.05, 0.1) is 12.6 Å². The molecule has 8 nitrogen and oxygen atoms in total. The predicted octanol–water partition coefficient (Wildman–Crippen LogP) is 1.58. The van der Waals surface area contributed by atoms with Crippen LogP contribution in [-0.4, -0.2) is 33.4 Å². The maximum atomic E-state index is 12.6. The van der Waals surface area contributed by atoms with Crippen molar-refractivity contribution in [2.75, 3.05) is 6.54 Å². The van der Waals surface area contributed by atoms with E-state index in [4.69, 9.17) is 8.94 Å². The number of furan rings is 1. The van der Waals surface area contributed by atoms with Gasteiger partial charge < -0.3 is 19.2 Å². The molecule has 1 aliphatic rings. The van der Waals surface area contributed by atoms with E-state index in [9.17, 15) is 9.59 Å². The summed E-state index contributed by atoms with van der Waals surface area (Å²) in [6.07, 6.45) is 1.67. The minimum atomic E-state index is -0.205. The number of hydrogen-bond acceptors (Lipinski definition) is 6. The molecule has 0 aliphatic carbocycles. The third-order valence-corrected chi connectivity index (χ3v) is 3.74. The second-order valence-corrected chi connectivity index (χ2v) is 5.50. The number of carbonyl (C=O) groups excluding carboxylic acids is 2. The lowest BCUT2D eigenvalue weighted by atomic mass is 10.2. The smallest absolute Gasteiger partial charge is 0.290 e. The fourth-order valence-corrected chi connectivity index (χ4v) is 2.67. The average Bonchev–Trinajstić information content (AvgIpc) is 3.24. The summed E-state index contributed by atoms with van der Waals surface area (Å²) in [6, 6.07) is 3.12. The van der Waals surface area contributed by atoms with Crippen molar-refractivity contribution in [1.29, 1.82) is 0 Å². The van der Waals surface area contributed by atoms with Gasteiger partial charge in [0, 0.05) is 20.4 Å². The maximum absolute atomic E-state index is 12.6. The number of nitrogens with one attached hydrogen (secondary N) is 1. The fourth-order valence-electron chi connectivity index (χ4n) is 2.67. The number of rotatable bonds is 4. The summed E-state index contributed by atoms with van der Waals surface area (Å²) in [5.41, 5.74) is 0. The first kappa shape index (κ1) is 15.3. The Morgan fingerprint density at radius 1 is 1.43 bits per heavy atom. The molecule has 2 aromatic heterocycles. The van der Waals surface area contributed by atoms with Gasteiger partial charge in [-0.1, -0.05) is 5.16 Å². The predicted molar refractivity (Wildman–Crippen MR) is 78.3 cm³/mol. The molecule has 1 N–H and O–H groups in total. The van der Waals surface area contributed by atoms with Gasteiger partial charge in [-0.25, -0.2) is 0 Å². The summed E-state index contributed by atoms with van der Waals surface area (Å²) in [7, 11) is 0. The summed E-state index contributed by atoms with van der Waals surface area (Å²) in [4.78, 5) is 29.5. The molecule has 2 amide bonds. The number of aromatic nitrogens is 2. The Morgan fingerprint density at radius 3 is 2.96 bits per heavy atom. The molecule has 1 unspecified atom stereocenters. The molecule has 0 spiro atoms. The molecule has 1 aliphatic heterocycles. The first-order valence-electron chi connectivity index (χ1n) is 7.49. The number of hydrogen-bond donors (Lipinski definition) is 1. The van der Waals surface area contributed by atoms with Gasteiger partial charge in [0.2, 0.25) is 11.8 Å². The zero-order valence-corrected chi connectivity index (χ0v) is 13.0. The lowest BCUT2D eigenvalue weighted by Crippen LogP contribution is -2.30. The van der Waals surface area contributed by atoms with Crippen molar-refractivity contribution < 1.29 is 18.5 Å². The van der Waals surface area contributed by atoms with E-state index in [0.29, 0.717) is 24.0 Å². The summed E-state index contributed by atoms with van der Waals surface area (Å²) in [5, 5.41) is 6.55. The monoisotopic (exact) mass is 318 g/mol. The zero-order chi connectivity index (χ0) is 16.4. The van der Waals surface area contributed by atoms with Crippen LogP contribution in [-0.2, 0) is 11.3 Å². The number of aryl methyl sites for hydroxylation is 1. The minimum absolute atomic E-state index is 0.152. The second kappa shape index (κ2) is 6.23. The highest BCUT2D eigenvalue weighted by Gasteiger charge is 2.34. The number of carbonyl (C=O) groups is 2. The van der Waals surface area contributed by atoms with E-state index in [1.165, 1.54) is 6.92 Å². The first-order valence-corrected chi connectivity index (χ1v) is 7.49. The van der Waals surface area contributed by atoms with Gasteiger partial charge in [0.25, 0.3) is 5.91 Å². The van der Waals surface area contributed by atoms with Gasteiger partial charge in [0.15, 0.2) is 11.6 Å². The molecular weight excluding hydrogens is 300 g/mol. The average molecular weight is 318 g/mol. The largest absolute Gasteiger partial charge is 0.454 e. The highest BCUT2D eigenvalue weighted by Crippen LogP contribution is 2.31. The SMILES string of the molecule is CC(=O)NCc1ccc(C(=O)N2CCCC2c2noc(C)n2)o1. The van der Waals surface area contributed by atoms with E-state index in [2.05, 4.69) is 15.5 Å². The Morgan fingerprint density at radius 2 is 2.26 bits per heavy atom. The molecule has 0 radical (unpaired) electrons. The van der Waals surface area contributed by atoms with Crippen LogP contribution in [0.25, 0.3) is 0 Å². The van der Waals surface area contributed by atoms with Crippen molar-refractivity contribution in [2.45, 2.75) is 39.3 Å². The van der Waals surface area contributed by atoms with Crippen LogP contribution in [0.3, 0.4) is 0 Å². The van der Waals surface area contributed by atoms with Crippen molar-refractivity contribution >= 4 is 11.8 Å². The number of likely N-dealkylation sites (tertiary alicyclic amines) is 1. The molecule has 122 valence electrons. The molecule has 3 heterocycles. The van der Waals surface area contributed by atoms with E-state index in [1.54, 1.807) is 24.0 Å². The standard InChI is InChI=1S/C15H18N4O4/c1-9(20)16-8-11-5-6-13(22-11)15(21)19-7-3-4-12(19)14-17-10(2)23-18-14/h5-6,12H,3-4,7-8H2,1-2H3,(H,16,20). The highest BCUT2D eigenvalue weighted by atomic mass is 16.5. The summed E-state index contributed by atoms with van der Waals surface area (Å²) < 4.78 is 10.5. The van der Waals surface area contributed by atoms with Crippen LogP contribution in [0.15, 0.2) is 21.1 Å². The quantitative estimate of drug-likeness (QED) is 0.918. The van der Waals surface area contributed by atoms with Crippen molar-refractivity contribution in [1.82, 2.24) is 20.4 Å². The van der Waals surface area contributed by atoms with Crippen LogP contribution in [0.4, 0.5) is 0 Å². The van der Waals surface area contributed by atoms with E-state index >= 15 is 0 Å². The van der Waals surface area contributed by atoms with Gasteiger partial charge in [-0.15, -0.1) is 0 Å². The van der Waals surface area contributed by atoms with Gasteiger partial charge >= 0.3 is 0 Å². The topological polar surface area (TPSA) is 101 Å². The van der Waals surface area contributed by atoms with Gasteiger partial charge in [0.1, 0.15) is 5.76 Å². The van der Waals surface area contributed by atoms with Crippen molar-refractivity contribution in [2.24, 2.45) is 0 Å². The molecular formula is C15H18N4O4. The van der Waals surface area contributed by atoms with Gasteiger partial charge in [-0.2, -0.15) is 4.98 Å². The molecule has 8 heteroatoms. The lowest BCUT2D eigenvalue weighted by Gasteiger charge is -2.20. The Bertz CT molecular complexity index is 721. The van der Waals surface area contributed by atoms with Crippen molar-refractivity contribution in [3.05, 3.63) is 35.4 Å². The minimum Gasteiger partial charge on any atom is -0.454 e. The van der Waals surface area contributed by atoms with Crippen molar-refractivity contribution in [3.8, 4) is 0 Å². The van der Waals surface area contributed by atoms with Crippen LogP contribution < -0.4 is 5.32 Å². The van der Waals surface area contributed by atoms with E-state index in [0.717, 1.165) is 12.8 Å².